The number of rotatable bonds is 7. The Bertz CT molecular complexity index is 323. The molecule has 18 heavy (non-hydrogen) atoms. The van der Waals surface area contributed by atoms with Crippen LogP contribution in [0.1, 0.15) is 0 Å². The third-order valence-electron chi connectivity index (χ3n) is 2.43. The fourth-order valence-electron chi connectivity index (χ4n) is 1.62. The van der Waals surface area contributed by atoms with E-state index in [-0.39, 0.29) is 17.4 Å². The lowest BCUT2D eigenvalue weighted by Crippen LogP contribution is -2.45. The molecule has 0 bridgehead atoms. The van der Waals surface area contributed by atoms with Crippen molar-refractivity contribution in [2.45, 2.75) is 0 Å². The summed E-state index contributed by atoms with van der Waals surface area (Å²) in [6.45, 7) is 7.88. The van der Waals surface area contributed by atoms with E-state index in [2.05, 4.69) is 22.1 Å². The molecule has 1 amide bonds. The number of carbonyl (C=O) groups is 2. The molecule has 0 aliphatic carbocycles. The largest absolute Gasteiger partial charge is 0.481 e. The van der Waals surface area contributed by atoms with E-state index in [1.807, 2.05) is 0 Å². The first-order valence-corrected chi connectivity index (χ1v) is 6.93. The van der Waals surface area contributed by atoms with Gasteiger partial charge in [-0.1, -0.05) is 6.58 Å². The van der Waals surface area contributed by atoms with Crippen LogP contribution in [0.3, 0.4) is 0 Å². The van der Waals surface area contributed by atoms with Crippen molar-refractivity contribution in [2.75, 3.05) is 44.2 Å². The van der Waals surface area contributed by atoms with E-state index in [1.165, 1.54) is 0 Å². The quantitative estimate of drug-likeness (QED) is 0.571. The Balaban J connectivity index is 2.04. The van der Waals surface area contributed by atoms with Gasteiger partial charge in [0.05, 0.1) is 11.5 Å². The normalized spacial score (nSPS) is 16.1. The molecule has 1 heterocycles. The van der Waals surface area contributed by atoms with Crippen molar-refractivity contribution < 1.29 is 14.7 Å². The van der Waals surface area contributed by atoms with Gasteiger partial charge in [0.15, 0.2) is 0 Å². The van der Waals surface area contributed by atoms with Crippen molar-refractivity contribution in [3.8, 4) is 0 Å². The Hall–Kier alpha value is -1.21. The maximum absolute atomic E-state index is 11.4. The van der Waals surface area contributed by atoms with Crippen LogP contribution in [0.5, 0.6) is 0 Å². The second kappa shape index (κ2) is 7.99. The van der Waals surface area contributed by atoms with E-state index in [1.54, 1.807) is 0 Å². The summed E-state index contributed by atoms with van der Waals surface area (Å²) in [4.78, 5) is 23.8. The van der Waals surface area contributed by atoms with Gasteiger partial charge in [-0.2, -0.15) is 0 Å². The maximum atomic E-state index is 11.4. The molecule has 0 saturated carbocycles. The van der Waals surface area contributed by atoms with Gasteiger partial charge in [-0.3, -0.25) is 14.5 Å². The van der Waals surface area contributed by atoms with Crippen LogP contribution < -0.4 is 10.6 Å². The fourth-order valence-corrected chi connectivity index (χ4v) is 2.19. The Morgan fingerprint density at radius 1 is 1.50 bits per heavy atom. The molecule has 0 atom stereocenters. The van der Waals surface area contributed by atoms with Crippen LogP contribution in [-0.2, 0) is 9.59 Å². The number of thioether (sulfide) groups is 1. The second-order valence-electron chi connectivity index (χ2n) is 4.04. The SMILES string of the molecule is C=C1CN(CCNC(=O)CSCC(=O)O)CCN1. The number of carbonyl (C=O) groups excluding carboxylic acids is 1. The molecule has 0 aromatic carbocycles. The minimum atomic E-state index is -0.896. The predicted molar refractivity (Wildman–Crippen MR) is 71.6 cm³/mol. The molecule has 7 heteroatoms. The number of nitrogens with one attached hydrogen (secondary N) is 2. The highest BCUT2D eigenvalue weighted by Crippen LogP contribution is 1.99. The molecule has 102 valence electrons. The molecule has 0 spiro atoms. The molecule has 3 N–H and O–H groups in total. The summed E-state index contributed by atoms with van der Waals surface area (Å²) in [5, 5.41) is 14.4. The van der Waals surface area contributed by atoms with E-state index < -0.39 is 5.97 Å². The molecule has 1 fully saturated rings. The Morgan fingerprint density at radius 2 is 2.28 bits per heavy atom. The number of carboxylic acid groups (broad SMARTS) is 1. The molecule has 1 saturated heterocycles. The van der Waals surface area contributed by atoms with E-state index >= 15 is 0 Å². The van der Waals surface area contributed by atoms with Gasteiger partial charge in [0, 0.05) is 38.4 Å². The van der Waals surface area contributed by atoms with E-state index in [9.17, 15) is 9.59 Å². The summed E-state index contributed by atoms with van der Waals surface area (Å²) < 4.78 is 0. The fraction of sp³-hybridized carbons (Fsp3) is 0.636. The zero-order valence-electron chi connectivity index (χ0n) is 10.3. The third-order valence-corrected chi connectivity index (χ3v) is 3.34. The lowest BCUT2D eigenvalue weighted by molar-refractivity contribution is -0.133. The highest BCUT2D eigenvalue weighted by Gasteiger charge is 2.11. The van der Waals surface area contributed by atoms with Gasteiger partial charge in [0.25, 0.3) is 0 Å². The number of piperazine rings is 1. The number of amides is 1. The highest BCUT2D eigenvalue weighted by atomic mass is 32.2. The molecule has 6 nitrogen and oxygen atoms in total. The summed E-state index contributed by atoms with van der Waals surface area (Å²) in [5.41, 5.74) is 1.00. The molecular weight excluding hydrogens is 254 g/mol. The minimum absolute atomic E-state index is 0.0367. The number of carboxylic acids is 1. The van der Waals surface area contributed by atoms with Crippen LogP contribution >= 0.6 is 11.8 Å². The first-order valence-electron chi connectivity index (χ1n) is 5.78. The van der Waals surface area contributed by atoms with Crippen LogP contribution in [0.4, 0.5) is 0 Å². The Labute approximate surface area is 111 Å². The molecule has 0 aromatic heterocycles. The Kier molecular flexibility index (Phi) is 6.59. The molecular formula is C11H19N3O3S. The predicted octanol–water partition coefficient (Wildman–Crippen LogP) is -0.661. The van der Waals surface area contributed by atoms with Crippen LogP contribution in [-0.4, -0.2) is 66.1 Å². The minimum Gasteiger partial charge on any atom is -0.481 e. The maximum Gasteiger partial charge on any atom is 0.313 e. The van der Waals surface area contributed by atoms with E-state index in [0.717, 1.165) is 43.6 Å². The highest BCUT2D eigenvalue weighted by molar-refractivity contribution is 8.00. The lowest BCUT2D eigenvalue weighted by Gasteiger charge is -2.29. The van der Waals surface area contributed by atoms with E-state index in [0.29, 0.717) is 6.54 Å². The smallest absolute Gasteiger partial charge is 0.313 e. The molecule has 1 rings (SSSR count). The summed E-state index contributed by atoms with van der Waals surface area (Å²) in [5.74, 6) is -0.853. The average molecular weight is 273 g/mol. The zero-order chi connectivity index (χ0) is 13.4. The molecule has 0 radical (unpaired) electrons. The van der Waals surface area contributed by atoms with Crippen molar-refractivity contribution in [1.29, 1.82) is 0 Å². The van der Waals surface area contributed by atoms with Gasteiger partial charge >= 0.3 is 5.97 Å². The van der Waals surface area contributed by atoms with Gasteiger partial charge in [-0.15, -0.1) is 11.8 Å². The van der Waals surface area contributed by atoms with Gasteiger partial charge in [0.1, 0.15) is 0 Å². The second-order valence-corrected chi connectivity index (χ2v) is 5.03. The monoisotopic (exact) mass is 273 g/mol. The standard InChI is InChI=1S/C11H19N3O3S/c1-9-6-14(4-2-12-9)5-3-13-10(15)7-18-8-11(16)17/h12H,1-8H2,(H,13,15)(H,16,17). The summed E-state index contributed by atoms with van der Waals surface area (Å²) >= 11 is 1.11. The summed E-state index contributed by atoms with van der Waals surface area (Å²) in [7, 11) is 0. The van der Waals surface area contributed by atoms with Gasteiger partial charge in [-0.25, -0.2) is 0 Å². The molecule has 0 unspecified atom stereocenters. The number of hydrogen-bond acceptors (Lipinski definition) is 5. The van der Waals surface area contributed by atoms with Crippen LogP contribution in [0.15, 0.2) is 12.3 Å². The van der Waals surface area contributed by atoms with Gasteiger partial charge in [0.2, 0.25) is 5.91 Å². The summed E-state index contributed by atoms with van der Waals surface area (Å²) in [6, 6.07) is 0. The van der Waals surface area contributed by atoms with Crippen molar-refractivity contribution in [1.82, 2.24) is 15.5 Å². The first-order chi connectivity index (χ1) is 8.58. The van der Waals surface area contributed by atoms with Crippen molar-refractivity contribution in [3.05, 3.63) is 12.3 Å². The van der Waals surface area contributed by atoms with Gasteiger partial charge < -0.3 is 15.7 Å². The van der Waals surface area contributed by atoms with Crippen molar-refractivity contribution >= 4 is 23.6 Å². The number of nitrogens with zero attached hydrogens (tertiary/aromatic N) is 1. The first kappa shape index (κ1) is 14.8. The molecule has 1 aliphatic rings. The average Bonchev–Trinajstić information content (AvgIpc) is 2.28. The topological polar surface area (TPSA) is 81.7 Å². The van der Waals surface area contributed by atoms with Crippen LogP contribution in [0, 0.1) is 0 Å². The number of hydrogen-bond donors (Lipinski definition) is 3. The Morgan fingerprint density at radius 3 is 2.94 bits per heavy atom. The zero-order valence-corrected chi connectivity index (χ0v) is 11.1. The number of aliphatic carboxylic acids is 1. The van der Waals surface area contributed by atoms with E-state index in [4.69, 9.17) is 5.11 Å². The van der Waals surface area contributed by atoms with Gasteiger partial charge in [-0.05, 0) is 0 Å². The molecule has 1 aliphatic heterocycles. The third kappa shape index (κ3) is 6.51. The van der Waals surface area contributed by atoms with Crippen LogP contribution in [0.2, 0.25) is 0 Å². The summed E-state index contributed by atoms with van der Waals surface area (Å²) in [6.07, 6.45) is 0. The van der Waals surface area contributed by atoms with Crippen LogP contribution in [0.25, 0.3) is 0 Å². The molecule has 0 aromatic rings. The van der Waals surface area contributed by atoms with Crippen molar-refractivity contribution in [3.63, 3.8) is 0 Å². The lowest BCUT2D eigenvalue weighted by atomic mass is 10.3. The van der Waals surface area contributed by atoms with Crippen molar-refractivity contribution in [2.24, 2.45) is 0 Å².